The third kappa shape index (κ3) is 4.12. The van der Waals surface area contributed by atoms with Crippen molar-refractivity contribution in [1.29, 1.82) is 0 Å². The normalized spacial score (nSPS) is 18.3. The zero-order chi connectivity index (χ0) is 18.0. The number of amides is 1. The van der Waals surface area contributed by atoms with Crippen molar-refractivity contribution in [1.82, 2.24) is 0 Å². The van der Waals surface area contributed by atoms with Crippen LogP contribution in [0.3, 0.4) is 0 Å². The molecule has 2 atom stereocenters. The third-order valence-corrected chi connectivity index (χ3v) is 4.26. The number of carbonyl (C=O) groups excluding carboxylic acids is 3. The van der Waals surface area contributed by atoms with E-state index in [1.54, 1.807) is 42.5 Å². The van der Waals surface area contributed by atoms with Crippen LogP contribution in [-0.2, 0) is 4.79 Å². The van der Waals surface area contributed by atoms with Crippen LogP contribution in [0.4, 0.5) is 5.69 Å². The first kappa shape index (κ1) is 16.9. The van der Waals surface area contributed by atoms with Crippen LogP contribution in [0.5, 0.6) is 5.75 Å². The molecule has 1 aliphatic carbocycles. The van der Waals surface area contributed by atoms with Crippen molar-refractivity contribution in [3.8, 4) is 5.75 Å². The molecule has 1 amide bonds. The number of hydrogen-bond donors (Lipinski definition) is 1. The minimum absolute atomic E-state index is 0.0211. The zero-order valence-electron chi connectivity index (χ0n) is 14.1. The molecule has 0 radical (unpaired) electrons. The predicted octanol–water partition coefficient (Wildman–Crippen LogP) is 3.70. The molecular weight excluding hydrogens is 318 g/mol. The van der Waals surface area contributed by atoms with Crippen LogP contribution in [0.2, 0.25) is 0 Å². The van der Waals surface area contributed by atoms with Gasteiger partial charge in [0, 0.05) is 17.2 Å². The number of benzene rings is 2. The Morgan fingerprint density at radius 1 is 1.04 bits per heavy atom. The van der Waals surface area contributed by atoms with E-state index in [9.17, 15) is 14.4 Å². The highest BCUT2D eigenvalue weighted by atomic mass is 16.5. The number of ketones is 1. The minimum Gasteiger partial charge on any atom is -0.423 e. The summed E-state index contributed by atoms with van der Waals surface area (Å²) in [5.74, 6) is 0.117. The van der Waals surface area contributed by atoms with E-state index in [4.69, 9.17) is 4.74 Å². The molecule has 1 aliphatic rings. The highest BCUT2D eigenvalue weighted by Gasteiger charge is 2.39. The number of rotatable bonds is 5. The van der Waals surface area contributed by atoms with E-state index in [0.29, 0.717) is 28.5 Å². The lowest BCUT2D eigenvalue weighted by molar-refractivity contribution is -0.117. The lowest BCUT2D eigenvalue weighted by Gasteiger charge is -2.08. The van der Waals surface area contributed by atoms with Crippen molar-refractivity contribution in [3.05, 3.63) is 59.7 Å². The summed E-state index contributed by atoms with van der Waals surface area (Å²) in [5.41, 5.74) is 1.37. The maximum Gasteiger partial charge on any atom is 0.343 e. The average Bonchev–Trinajstić information content (AvgIpc) is 3.32. The fraction of sp³-hybridized carbons (Fsp3) is 0.250. The number of ether oxygens (including phenoxy) is 1. The number of anilines is 1. The molecule has 2 unspecified atom stereocenters. The van der Waals surface area contributed by atoms with E-state index >= 15 is 0 Å². The molecule has 3 rings (SSSR count). The Morgan fingerprint density at radius 3 is 2.40 bits per heavy atom. The summed E-state index contributed by atoms with van der Waals surface area (Å²) < 4.78 is 5.32. The molecule has 25 heavy (non-hydrogen) atoms. The standard InChI is InChI=1S/C20H19NO4/c1-12-9-18(12)19(23)21-16-7-3-6-15(10-16)20(24)25-17-8-4-5-14(11-17)13(2)22/h3-8,10-12,18H,9H2,1-2H3,(H,21,23). The molecular formula is C20H19NO4. The molecule has 128 valence electrons. The number of Topliss-reactive ketones (excluding diaryl/α,β-unsaturated/α-hetero) is 1. The molecule has 0 heterocycles. The van der Waals surface area contributed by atoms with Crippen LogP contribution >= 0.6 is 0 Å². The van der Waals surface area contributed by atoms with Crippen molar-refractivity contribution in [2.75, 3.05) is 5.32 Å². The topological polar surface area (TPSA) is 72.5 Å². The van der Waals surface area contributed by atoms with Crippen LogP contribution in [0.1, 0.15) is 41.0 Å². The lowest BCUT2D eigenvalue weighted by Crippen LogP contribution is -2.15. The van der Waals surface area contributed by atoms with Crippen molar-refractivity contribution in [2.45, 2.75) is 20.3 Å². The Labute approximate surface area is 146 Å². The van der Waals surface area contributed by atoms with Crippen molar-refractivity contribution < 1.29 is 19.1 Å². The smallest absolute Gasteiger partial charge is 0.343 e. The van der Waals surface area contributed by atoms with Gasteiger partial charge in [-0.05, 0) is 49.6 Å². The zero-order valence-corrected chi connectivity index (χ0v) is 14.1. The highest BCUT2D eigenvalue weighted by Crippen LogP contribution is 2.38. The molecule has 1 N–H and O–H groups in total. The monoisotopic (exact) mass is 337 g/mol. The Morgan fingerprint density at radius 2 is 1.72 bits per heavy atom. The second kappa shape index (κ2) is 6.89. The maximum absolute atomic E-state index is 12.3. The maximum atomic E-state index is 12.3. The van der Waals surface area contributed by atoms with Gasteiger partial charge in [0.1, 0.15) is 5.75 Å². The summed E-state index contributed by atoms with van der Waals surface area (Å²) in [6.07, 6.45) is 0.903. The van der Waals surface area contributed by atoms with Gasteiger partial charge in [0.2, 0.25) is 5.91 Å². The molecule has 0 aliphatic heterocycles. The Balaban J connectivity index is 1.70. The summed E-state index contributed by atoms with van der Waals surface area (Å²) in [4.78, 5) is 35.7. The predicted molar refractivity (Wildman–Crippen MR) is 93.7 cm³/mol. The fourth-order valence-electron chi connectivity index (χ4n) is 2.59. The summed E-state index contributed by atoms with van der Waals surface area (Å²) in [6.45, 7) is 3.49. The van der Waals surface area contributed by atoms with Crippen LogP contribution in [0.25, 0.3) is 0 Å². The number of esters is 1. The molecule has 1 saturated carbocycles. The van der Waals surface area contributed by atoms with Gasteiger partial charge in [-0.1, -0.05) is 25.1 Å². The summed E-state index contributed by atoms with van der Waals surface area (Å²) in [6, 6.07) is 13.1. The van der Waals surface area contributed by atoms with Crippen LogP contribution < -0.4 is 10.1 Å². The molecule has 2 aromatic carbocycles. The molecule has 0 spiro atoms. The molecule has 0 aromatic heterocycles. The Hall–Kier alpha value is -2.95. The summed E-state index contributed by atoms with van der Waals surface area (Å²) in [7, 11) is 0. The average molecular weight is 337 g/mol. The van der Waals surface area contributed by atoms with Gasteiger partial charge < -0.3 is 10.1 Å². The number of nitrogens with one attached hydrogen (secondary N) is 1. The highest BCUT2D eigenvalue weighted by molar-refractivity contribution is 5.97. The van der Waals surface area contributed by atoms with Crippen molar-refractivity contribution >= 4 is 23.3 Å². The lowest BCUT2D eigenvalue weighted by atomic mass is 10.1. The summed E-state index contributed by atoms with van der Waals surface area (Å²) >= 11 is 0. The van der Waals surface area contributed by atoms with Crippen LogP contribution in [0, 0.1) is 11.8 Å². The second-order valence-corrected chi connectivity index (χ2v) is 6.36. The largest absolute Gasteiger partial charge is 0.423 e. The van der Waals surface area contributed by atoms with E-state index in [2.05, 4.69) is 5.32 Å². The van der Waals surface area contributed by atoms with Crippen LogP contribution in [0.15, 0.2) is 48.5 Å². The number of carbonyl (C=O) groups is 3. The summed E-state index contributed by atoms with van der Waals surface area (Å²) in [5, 5.41) is 2.83. The number of hydrogen-bond acceptors (Lipinski definition) is 4. The van der Waals surface area contributed by atoms with Gasteiger partial charge in [-0.2, -0.15) is 0 Å². The third-order valence-electron chi connectivity index (χ3n) is 4.26. The molecule has 0 saturated heterocycles. The van der Waals surface area contributed by atoms with Gasteiger partial charge in [-0.25, -0.2) is 4.79 Å². The Kier molecular flexibility index (Phi) is 4.65. The minimum atomic E-state index is -0.545. The molecule has 5 heteroatoms. The molecule has 0 bridgehead atoms. The van der Waals surface area contributed by atoms with E-state index in [-0.39, 0.29) is 17.6 Å². The molecule has 5 nitrogen and oxygen atoms in total. The van der Waals surface area contributed by atoms with Gasteiger partial charge in [0.25, 0.3) is 0 Å². The van der Waals surface area contributed by atoms with Gasteiger partial charge >= 0.3 is 5.97 Å². The second-order valence-electron chi connectivity index (χ2n) is 6.36. The molecule has 1 fully saturated rings. The molecule has 2 aromatic rings. The van der Waals surface area contributed by atoms with E-state index in [1.165, 1.54) is 13.0 Å². The van der Waals surface area contributed by atoms with E-state index < -0.39 is 5.97 Å². The van der Waals surface area contributed by atoms with Gasteiger partial charge in [0.05, 0.1) is 5.56 Å². The van der Waals surface area contributed by atoms with E-state index in [1.807, 2.05) is 6.92 Å². The Bertz CT molecular complexity index is 843. The van der Waals surface area contributed by atoms with Crippen molar-refractivity contribution in [3.63, 3.8) is 0 Å². The van der Waals surface area contributed by atoms with Crippen molar-refractivity contribution in [2.24, 2.45) is 11.8 Å². The van der Waals surface area contributed by atoms with Gasteiger partial charge in [-0.3, -0.25) is 9.59 Å². The first-order chi connectivity index (χ1) is 11.9. The first-order valence-electron chi connectivity index (χ1n) is 8.18. The van der Waals surface area contributed by atoms with Gasteiger partial charge in [0.15, 0.2) is 5.78 Å². The SMILES string of the molecule is CC(=O)c1cccc(OC(=O)c2cccc(NC(=O)C3CC3C)c2)c1. The first-order valence-corrected chi connectivity index (χ1v) is 8.18. The van der Waals surface area contributed by atoms with Gasteiger partial charge in [-0.15, -0.1) is 0 Å². The van der Waals surface area contributed by atoms with Crippen LogP contribution in [-0.4, -0.2) is 17.7 Å². The van der Waals surface area contributed by atoms with E-state index in [0.717, 1.165) is 6.42 Å². The quantitative estimate of drug-likeness (QED) is 0.513. The fourth-order valence-corrected chi connectivity index (χ4v) is 2.59.